The Morgan fingerprint density at radius 3 is 1.99 bits per heavy atom. The van der Waals surface area contributed by atoms with E-state index in [1.165, 1.54) is 12.1 Å². The zero-order chi connectivity index (χ0) is 58.9. The van der Waals surface area contributed by atoms with Crippen LogP contribution in [0.25, 0.3) is 88.6 Å². The predicted molar refractivity (Wildman–Crippen MR) is 302 cm³/mol. The molecule has 7 aromatic carbocycles. The van der Waals surface area contributed by atoms with Crippen molar-refractivity contribution < 1.29 is 22.9 Å². The van der Waals surface area contributed by atoms with E-state index in [-0.39, 0.29) is 44.6 Å². The molecule has 3 heterocycles. The van der Waals surface area contributed by atoms with Gasteiger partial charge in [-0.15, -0.1) is 0 Å². The van der Waals surface area contributed by atoms with Crippen LogP contribution in [0.5, 0.6) is 11.5 Å². The van der Waals surface area contributed by atoms with Crippen LogP contribution in [0.2, 0.25) is 0 Å². The minimum absolute atomic E-state index is 0.0344. The number of fused-ring (bicyclic) bond motifs is 5. The molecule has 0 atom stereocenters. The highest BCUT2D eigenvalue weighted by atomic mass is 16.5. The number of ether oxygens (including phenoxy) is 1. The maximum Gasteiger partial charge on any atom is 0.145 e. The number of aromatic nitrogens is 2. The second-order valence-corrected chi connectivity index (χ2v) is 21.9. The maximum atomic E-state index is 9.92. The molecule has 11 rings (SSSR count). The molecule has 1 fully saturated rings. The summed E-state index contributed by atoms with van der Waals surface area (Å²) in [5.41, 5.74) is 11.2. The Morgan fingerprint density at radius 2 is 1.24 bits per heavy atom. The number of nitrogens with zero attached hydrogens (tertiary/aromatic N) is 2. The lowest BCUT2D eigenvalue weighted by Crippen LogP contribution is -2.49. The summed E-state index contributed by atoms with van der Waals surface area (Å²) < 4.78 is 100. The van der Waals surface area contributed by atoms with Crippen LogP contribution in [0.1, 0.15) is 113 Å². The van der Waals surface area contributed by atoms with Gasteiger partial charge < -0.3 is 9.15 Å². The third kappa shape index (κ3) is 8.00. The van der Waals surface area contributed by atoms with Crippen LogP contribution in [0.15, 0.2) is 156 Å². The lowest BCUT2D eigenvalue weighted by Gasteiger charge is -2.59. The third-order valence-electron chi connectivity index (χ3n) is 16.6. The molecule has 4 nitrogen and oxygen atoms in total. The van der Waals surface area contributed by atoms with Gasteiger partial charge in [0, 0.05) is 53.4 Å². The summed E-state index contributed by atoms with van der Waals surface area (Å²) in [6.45, 7) is 12.0. The topological polar surface area (TPSA) is 48.2 Å². The highest BCUT2D eigenvalue weighted by Gasteiger charge is 2.53. The van der Waals surface area contributed by atoms with Gasteiger partial charge in [-0.05, 0) is 196 Å². The van der Waals surface area contributed by atoms with E-state index in [9.17, 15) is 1.37 Å². The van der Waals surface area contributed by atoms with Crippen molar-refractivity contribution in [2.75, 3.05) is 0 Å². The van der Waals surface area contributed by atoms with Crippen molar-refractivity contribution in [2.24, 2.45) is 16.2 Å². The van der Waals surface area contributed by atoms with Gasteiger partial charge in [0.15, 0.2) is 0 Å². The fourth-order valence-electron chi connectivity index (χ4n) is 11.3. The van der Waals surface area contributed by atoms with Crippen molar-refractivity contribution in [3.8, 4) is 67.4 Å². The van der Waals surface area contributed by atoms with E-state index in [4.69, 9.17) is 26.5 Å². The van der Waals surface area contributed by atoms with Crippen LogP contribution in [-0.2, 0) is 0 Å². The molecule has 1 aliphatic rings. The van der Waals surface area contributed by atoms with E-state index in [1.807, 2.05) is 67.7 Å². The number of pyridine rings is 2. The maximum absolute atomic E-state index is 9.92. The second kappa shape index (κ2) is 17.5. The van der Waals surface area contributed by atoms with Gasteiger partial charge in [-0.1, -0.05) is 139 Å². The second-order valence-electron chi connectivity index (χ2n) is 21.9. The number of hydrogen-bond donors (Lipinski definition) is 0. The molecule has 10 aromatic rings. The van der Waals surface area contributed by atoms with Crippen molar-refractivity contribution >= 4 is 32.7 Å². The van der Waals surface area contributed by atoms with E-state index in [0.717, 1.165) is 79.7 Å². The molecular formula is C68H66N2O2. The van der Waals surface area contributed by atoms with Crippen LogP contribution in [0.3, 0.4) is 0 Å². The zero-order valence-corrected chi connectivity index (χ0v) is 42.6. The summed E-state index contributed by atoms with van der Waals surface area (Å²) in [5.74, 6) is -0.477. The van der Waals surface area contributed by atoms with Gasteiger partial charge in [-0.2, -0.15) is 0 Å². The number of rotatable bonds is 8. The summed E-state index contributed by atoms with van der Waals surface area (Å²) in [7, 11) is 0. The Kier molecular flexibility index (Phi) is 8.88. The van der Waals surface area contributed by atoms with E-state index >= 15 is 0 Å². The molecule has 72 heavy (non-hydrogen) atoms. The van der Waals surface area contributed by atoms with E-state index in [0.29, 0.717) is 44.5 Å². The molecule has 1 aliphatic carbocycles. The SMILES string of the molecule is [2H]C([2H])([2H])c1cnc(-c2cc(Oc3cc(-c4cc(-c5ccc(-c6ccc(C7([2H])CC(C)(C)C(C)(C)C(C)(C)C7)cc6C)cc5C)c(C)cn4)c4oc5c6ccccc6ccc5c4c3)c(C([2H])([2H])[2H])c(-c3ccccc3)c2)cc1C([2H])([2H])[2H]. The summed E-state index contributed by atoms with van der Waals surface area (Å²) in [6, 6.07) is 44.2. The van der Waals surface area contributed by atoms with Gasteiger partial charge >= 0.3 is 0 Å². The Hall–Kier alpha value is -7.30. The fourth-order valence-corrected chi connectivity index (χ4v) is 11.3. The first-order valence-corrected chi connectivity index (χ1v) is 24.9. The monoisotopic (exact) mass is 953 g/mol. The van der Waals surface area contributed by atoms with Crippen molar-refractivity contribution in [2.45, 2.75) is 102 Å². The molecule has 0 radical (unpaired) electrons. The Bertz CT molecular complexity index is 4170. The molecule has 0 unspecified atom stereocenters. The molecule has 4 heteroatoms. The van der Waals surface area contributed by atoms with Gasteiger partial charge in [0.1, 0.15) is 22.7 Å². The van der Waals surface area contributed by atoms with Gasteiger partial charge in [-0.25, -0.2) is 0 Å². The first-order chi connectivity index (χ1) is 38.3. The minimum Gasteiger partial charge on any atom is -0.457 e. The first kappa shape index (κ1) is 36.6. The lowest BCUT2D eigenvalue weighted by atomic mass is 9.46. The van der Waals surface area contributed by atoms with Crippen molar-refractivity contribution in [3.05, 3.63) is 191 Å². The molecule has 3 aromatic heterocycles. The standard InChI is InChI=1S/C68H66N2O2/c1-40-30-61(69-38-43(40)4)50-31-58(46-18-14-13-15-19-46)45(6)63(32-50)71-52-33-59-56-27-22-47-20-16-17-21-55(47)64(56)72-65(59)60(34-52)62-35-57(44(5)39-70-62)54-26-24-49(29-42(54)3)53-25-23-48(28-41(53)2)51-36-66(7,8)68(11,12)67(9,10)37-51/h13-35,38-39,51H,36-37H2,1-12H3/i1D3,4D3,6D3,51D. The van der Waals surface area contributed by atoms with Gasteiger partial charge in [0.05, 0.1) is 11.4 Å². The Morgan fingerprint density at radius 1 is 0.514 bits per heavy atom. The highest BCUT2D eigenvalue weighted by Crippen LogP contribution is 2.63. The predicted octanol–water partition coefficient (Wildman–Crippen LogP) is 19.5. The van der Waals surface area contributed by atoms with E-state index in [1.54, 1.807) is 30.3 Å². The van der Waals surface area contributed by atoms with E-state index in [2.05, 4.69) is 103 Å². The minimum atomic E-state index is -2.81. The summed E-state index contributed by atoms with van der Waals surface area (Å²) in [5, 5.41) is 3.41. The van der Waals surface area contributed by atoms with E-state index < -0.39 is 32.0 Å². The summed E-state index contributed by atoms with van der Waals surface area (Å²) >= 11 is 0. The van der Waals surface area contributed by atoms with Crippen molar-refractivity contribution in [3.63, 3.8) is 0 Å². The van der Waals surface area contributed by atoms with Gasteiger partial charge in [0.25, 0.3) is 0 Å². The highest BCUT2D eigenvalue weighted by molar-refractivity contribution is 6.17. The largest absolute Gasteiger partial charge is 0.457 e. The molecule has 0 N–H and O–H groups in total. The van der Waals surface area contributed by atoms with Gasteiger partial charge in [-0.3, -0.25) is 9.97 Å². The van der Waals surface area contributed by atoms with Crippen LogP contribution < -0.4 is 4.74 Å². The van der Waals surface area contributed by atoms with Crippen LogP contribution in [0.4, 0.5) is 0 Å². The number of aryl methyl sites for hydroxylation is 5. The molecule has 0 aliphatic heterocycles. The molecule has 1 saturated carbocycles. The molecule has 0 bridgehead atoms. The van der Waals surface area contributed by atoms with Crippen molar-refractivity contribution in [1.29, 1.82) is 0 Å². The zero-order valence-electron chi connectivity index (χ0n) is 52.6. The molecule has 0 saturated heterocycles. The first-order valence-electron chi connectivity index (χ1n) is 29.9. The average molecular weight is 953 g/mol. The smallest absolute Gasteiger partial charge is 0.145 e. The third-order valence-corrected chi connectivity index (χ3v) is 16.6. The Labute approximate surface area is 440 Å². The van der Waals surface area contributed by atoms with Crippen LogP contribution in [-0.4, -0.2) is 9.97 Å². The number of benzene rings is 7. The fraction of sp³-hybridized carbons (Fsp3) is 0.265. The average Bonchev–Trinajstić information content (AvgIpc) is 1.47. The van der Waals surface area contributed by atoms with Crippen molar-refractivity contribution in [1.82, 2.24) is 9.97 Å². The summed E-state index contributed by atoms with van der Waals surface area (Å²) in [6.07, 6.45) is 4.48. The lowest BCUT2D eigenvalue weighted by molar-refractivity contribution is -0.0744. The van der Waals surface area contributed by atoms with Gasteiger partial charge in [0.2, 0.25) is 0 Å². The normalized spacial score (nSPS) is 18.4. The van der Waals surface area contributed by atoms with Crippen LogP contribution >= 0.6 is 0 Å². The van der Waals surface area contributed by atoms with Crippen LogP contribution in [0, 0.1) is 57.6 Å². The molecular weight excluding hydrogens is 877 g/mol. The molecule has 360 valence electrons. The quantitative estimate of drug-likeness (QED) is 0.152. The number of furan rings is 1. The number of hydrogen-bond acceptors (Lipinski definition) is 4. The summed E-state index contributed by atoms with van der Waals surface area (Å²) in [4.78, 5) is 9.53. The Balaban J connectivity index is 1.05. The molecule has 0 amide bonds. The molecule has 0 spiro atoms.